The van der Waals surface area contributed by atoms with E-state index >= 15 is 0 Å². The van der Waals surface area contributed by atoms with Gasteiger partial charge in [-0.25, -0.2) is 0 Å². The van der Waals surface area contributed by atoms with Crippen molar-refractivity contribution in [3.63, 3.8) is 0 Å². The predicted octanol–water partition coefficient (Wildman–Crippen LogP) is 3.78. The Labute approximate surface area is 117 Å². The average Bonchev–Trinajstić information content (AvgIpc) is 3.24. The fraction of sp³-hybridized carbons (Fsp3) is 0.267. The Balaban J connectivity index is 1.66. The van der Waals surface area contributed by atoms with E-state index in [2.05, 4.69) is 10.3 Å². The summed E-state index contributed by atoms with van der Waals surface area (Å²) in [5.41, 5.74) is 1.14. The minimum Gasteiger partial charge on any atom is -0.456 e. The summed E-state index contributed by atoms with van der Waals surface area (Å²) in [6.45, 7) is 0.843. The maximum absolute atomic E-state index is 5.84. The summed E-state index contributed by atoms with van der Waals surface area (Å²) in [5, 5.41) is 4.16. The molecule has 3 rings (SSSR count). The van der Waals surface area contributed by atoms with Gasteiger partial charge in [0.2, 0.25) is 0 Å². The van der Waals surface area contributed by atoms with Crippen molar-refractivity contribution >= 4 is 11.6 Å². The highest BCUT2D eigenvalue weighted by atomic mass is 35.5. The van der Waals surface area contributed by atoms with Gasteiger partial charge in [-0.1, -0.05) is 11.6 Å². The normalized spacial score (nSPS) is 14.4. The molecular formula is C15H15ClN2O. The van der Waals surface area contributed by atoms with E-state index in [1.54, 1.807) is 6.20 Å². The molecule has 0 spiro atoms. The lowest BCUT2D eigenvalue weighted by Crippen LogP contribution is -2.15. The molecule has 1 saturated carbocycles. The minimum atomic E-state index is 0.695. The molecule has 0 bridgehead atoms. The van der Waals surface area contributed by atoms with E-state index in [4.69, 9.17) is 16.3 Å². The van der Waals surface area contributed by atoms with Crippen LogP contribution in [0.4, 0.5) is 0 Å². The van der Waals surface area contributed by atoms with Crippen LogP contribution in [0.5, 0.6) is 11.5 Å². The molecule has 1 heterocycles. The number of hydrogen-bond donors (Lipinski definition) is 1. The van der Waals surface area contributed by atoms with Gasteiger partial charge in [0.05, 0.1) is 6.20 Å². The van der Waals surface area contributed by atoms with Crippen LogP contribution in [0.3, 0.4) is 0 Å². The zero-order valence-electron chi connectivity index (χ0n) is 10.5. The number of rotatable bonds is 5. The molecule has 3 nitrogen and oxygen atoms in total. The maximum atomic E-state index is 5.84. The van der Waals surface area contributed by atoms with E-state index in [1.807, 2.05) is 36.5 Å². The van der Waals surface area contributed by atoms with Crippen molar-refractivity contribution in [1.29, 1.82) is 0 Å². The number of pyridine rings is 1. The van der Waals surface area contributed by atoms with Crippen LogP contribution in [0, 0.1) is 0 Å². The summed E-state index contributed by atoms with van der Waals surface area (Å²) < 4.78 is 5.75. The van der Waals surface area contributed by atoms with Gasteiger partial charge in [0.25, 0.3) is 0 Å². The standard InChI is InChI=1S/C15H15ClN2O/c16-12-1-5-14(6-2-12)19-15-7-11(8-17-10-15)9-18-13-3-4-13/h1-2,5-8,10,13,18H,3-4,9H2. The maximum Gasteiger partial charge on any atom is 0.146 e. The number of halogens is 1. The summed E-state index contributed by atoms with van der Waals surface area (Å²) >= 11 is 5.84. The molecule has 1 aromatic heterocycles. The molecule has 98 valence electrons. The summed E-state index contributed by atoms with van der Waals surface area (Å²) in [6, 6.07) is 10.0. The van der Waals surface area contributed by atoms with Crippen LogP contribution in [0.15, 0.2) is 42.7 Å². The van der Waals surface area contributed by atoms with Gasteiger partial charge in [-0.3, -0.25) is 4.98 Å². The topological polar surface area (TPSA) is 34.1 Å². The van der Waals surface area contributed by atoms with Gasteiger partial charge in [-0.2, -0.15) is 0 Å². The molecule has 0 radical (unpaired) electrons. The SMILES string of the molecule is Clc1ccc(Oc2cncc(CNC3CC3)c2)cc1. The monoisotopic (exact) mass is 274 g/mol. The lowest BCUT2D eigenvalue weighted by molar-refractivity contribution is 0.479. The fourth-order valence-corrected chi connectivity index (χ4v) is 1.93. The molecule has 0 saturated heterocycles. The quantitative estimate of drug-likeness (QED) is 0.901. The van der Waals surface area contributed by atoms with Crippen LogP contribution in [0.2, 0.25) is 5.02 Å². The molecule has 1 aliphatic rings. The smallest absolute Gasteiger partial charge is 0.146 e. The number of benzene rings is 1. The van der Waals surface area contributed by atoms with Crippen LogP contribution in [0.25, 0.3) is 0 Å². The second kappa shape index (κ2) is 5.59. The van der Waals surface area contributed by atoms with E-state index in [1.165, 1.54) is 12.8 Å². The van der Waals surface area contributed by atoms with Crippen LogP contribution >= 0.6 is 11.6 Å². The molecule has 1 aromatic carbocycles. The molecule has 19 heavy (non-hydrogen) atoms. The number of nitrogens with zero attached hydrogens (tertiary/aromatic N) is 1. The molecule has 1 fully saturated rings. The van der Waals surface area contributed by atoms with E-state index < -0.39 is 0 Å². The van der Waals surface area contributed by atoms with Gasteiger partial charge in [-0.05, 0) is 48.7 Å². The molecule has 1 N–H and O–H groups in total. The summed E-state index contributed by atoms with van der Waals surface area (Å²) in [4.78, 5) is 4.21. The largest absolute Gasteiger partial charge is 0.456 e. The highest BCUT2D eigenvalue weighted by molar-refractivity contribution is 6.30. The first kappa shape index (κ1) is 12.5. The highest BCUT2D eigenvalue weighted by Gasteiger charge is 2.19. The van der Waals surface area contributed by atoms with Crippen LogP contribution < -0.4 is 10.1 Å². The summed E-state index contributed by atoms with van der Waals surface area (Å²) in [5.74, 6) is 1.51. The van der Waals surface area contributed by atoms with E-state index in [0.29, 0.717) is 11.1 Å². The van der Waals surface area contributed by atoms with Crippen molar-refractivity contribution in [1.82, 2.24) is 10.3 Å². The van der Waals surface area contributed by atoms with Crippen molar-refractivity contribution < 1.29 is 4.74 Å². The number of hydrogen-bond acceptors (Lipinski definition) is 3. The van der Waals surface area contributed by atoms with Gasteiger partial charge >= 0.3 is 0 Å². The molecule has 2 aromatic rings. The van der Waals surface area contributed by atoms with Gasteiger partial charge in [0.1, 0.15) is 11.5 Å². The minimum absolute atomic E-state index is 0.695. The first-order valence-corrected chi connectivity index (χ1v) is 6.78. The van der Waals surface area contributed by atoms with E-state index in [0.717, 1.165) is 23.6 Å². The van der Waals surface area contributed by atoms with Gasteiger partial charge in [0.15, 0.2) is 0 Å². The lowest BCUT2D eigenvalue weighted by atomic mass is 10.2. The van der Waals surface area contributed by atoms with E-state index in [9.17, 15) is 0 Å². The third-order valence-corrected chi connectivity index (χ3v) is 3.24. The molecule has 0 unspecified atom stereocenters. The number of ether oxygens (including phenoxy) is 1. The zero-order valence-corrected chi connectivity index (χ0v) is 11.2. The molecular weight excluding hydrogens is 260 g/mol. The number of nitrogens with one attached hydrogen (secondary N) is 1. The Bertz CT molecular complexity index is 552. The third kappa shape index (κ3) is 3.69. The zero-order chi connectivity index (χ0) is 13.1. The van der Waals surface area contributed by atoms with Crippen molar-refractivity contribution in [2.75, 3.05) is 0 Å². The molecule has 1 aliphatic carbocycles. The summed E-state index contributed by atoms with van der Waals surface area (Å²) in [6.07, 6.45) is 6.15. The van der Waals surface area contributed by atoms with Crippen LogP contribution in [0.1, 0.15) is 18.4 Å². The fourth-order valence-electron chi connectivity index (χ4n) is 1.80. The van der Waals surface area contributed by atoms with Gasteiger partial charge in [0, 0.05) is 23.8 Å². The first-order chi connectivity index (χ1) is 9.29. The average molecular weight is 275 g/mol. The molecule has 4 heteroatoms. The van der Waals surface area contributed by atoms with Gasteiger partial charge in [-0.15, -0.1) is 0 Å². The highest BCUT2D eigenvalue weighted by Crippen LogP contribution is 2.24. The second-order valence-electron chi connectivity index (χ2n) is 4.74. The third-order valence-electron chi connectivity index (χ3n) is 2.99. The predicted molar refractivity (Wildman–Crippen MR) is 75.6 cm³/mol. The van der Waals surface area contributed by atoms with Crippen molar-refractivity contribution in [2.45, 2.75) is 25.4 Å². The summed E-state index contributed by atoms with van der Waals surface area (Å²) in [7, 11) is 0. The van der Waals surface area contributed by atoms with Gasteiger partial charge < -0.3 is 10.1 Å². The van der Waals surface area contributed by atoms with E-state index in [-0.39, 0.29) is 0 Å². The second-order valence-corrected chi connectivity index (χ2v) is 5.18. The Morgan fingerprint density at radius 1 is 1.16 bits per heavy atom. The Morgan fingerprint density at radius 2 is 1.95 bits per heavy atom. The number of aromatic nitrogens is 1. The Morgan fingerprint density at radius 3 is 2.68 bits per heavy atom. The Hall–Kier alpha value is -1.58. The molecule has 0 amide bonds. The van der Waals surface area contributed by atoms with Crippen LogP contribution in [-0.4, -0.2) is 11.0 Å². The van der Waals surface area contributed by atoms with Crippen LogP contribution in [-0.2, 0) is 6.54 Å². The molecule has 0 aliphatic heterocycles. The first-order valence-electron chi connectivity index (χ1n) is 6.40. The lowest BCUT2D eigenvalue weighted by Gasteiger charge is -2.07. The van der Waals surface area contributed by atoms with Crippen molar-refractivity contribution in [3.8, 4) is 11.5 Å². The van der Waals surface area contributed by atoms with Crippen molar-refractivity contribution in [3.05, 3.63) is 53.3 Å². The molecule has 0 atom stereocenters. The van der Waals surface area contributed by atoms with Crippen molar-refractivity contribution in [2.24, 2.45) is 0 Å². The Kier molecular flexibility index (Phi) is 3.67.